The van der Waals surface area contributed by atoms with Gasteiger partial charge in [-0.3, -0.25) is 4.79 Å². The normalized spacial score (nSPS) is 13.3. The van der Waals surface area contributed by atoms with Crippen molar-refractivity contribution in [3.63, 3.8) is 0 Å². The molecule has 0 bridgehead atoms. The third kappa shape index (κ3) is 5.62. The minimum atomic E-state index is -3.43. The Morgan fingerprint density at radius 1 is 1.22 bits per heavy atom. The van der Waals surface area contributed by atoms with Crippen LogP contribution in [0.15, 0.2) is 24.3 Å². The van der Waals surface area contributed by atoms with Crippen molar-refractivity contribution < 1.29 is 13.2 Å². The van der Waals surface area contributed by atoms with Crippen molar-refractivity contribution in [2.45, 2.75) is 51.3 Å². The van der Waals surface area contributed by atoms with Crippen LogP contribution >= 0.6 is 0 Å². The highest BCUT2D eigenvalue weighted by Gasteiger charge is 2.30. The lowest BCUT2D eigenvalue weighted by atomic mass is 10.1. The first-order valence-electron chi connectivity index (χ1n) is 7.95. The molecule has 0 radical (unpaired) electrons. The Labute approximate surface area is 140 Å². The monoisotopic (exact) mass is 340 g/mol. The smallest absolute Gasteiger partial charge is 0.238 e. The fourth-order valence-corrected chi connectivity index (χ4v) is 3.35. The van der Waals surface area contributed by atoms with Gasteiger partial charge in [0.15, 0.2) is 9.84 Å². The van der Waals surface area contributed by atoms with Crippen LogP contribution in [0.3, 0.4) is 0 Å². The van der Waals surface area contributed by atoms with E-state index in [1.165, 1.54) is 12.5 Å². The zero-order valence-electron chi connectivity index (χ0n) is 14.7. The Kier molecular flexibility index (Phi) is 7.22. The van der Waals surface area contributed by atoms with Crippen LogP contribution in [0, 0.1) is 0 Å². The molecule has 0 saturated heterocycles. The van der Waals surface area contributed by atoms with Gasteiger partial charge in [-0.05, 0) is 45.5 Å². The summed E-state index contributed by atoms with van der Waals surface area (Å²) in [5.74, 6) is -0.449. The maximum atomic E-state index is 12.1. The molecule has 0 fully saturated rings. The molecule has 1 amide bonds. The average molecular weight is 340 g/mol. The fraction of sp³-hybridized carbons (Fsp3) is 0.588. The topological polar surface area (TPSA) is 66.5 Å². The predicted octanol–water partition coefficient (Wildman–Crippen LogP) is 1.97. The van der Waals surface area contributed by atoms with Gasteiger partial charge in [0.25, 0.3) is 0 Å². The third-order valence-electron chi connectivity index (χ3n) is 3.97. The van der Waals surface area contributed by atoms with E-state index in [1.54, 1.807) is 13.8 Å². The van der Waals surface area contributed by atoms with Crippen molar-refractivity contribution in [1.82, 2.24) is 10.2 Å². The largest absolute Gasteiger partial charge is 0.351 e. The maximum absolute atomic E-state index is 12.1. The number of amides is 1. The summed E-state index contributed by atoms with van der Waals surface area (Å²) in [6.07, 6.45) is 0. The van der Waals surface area contributed by atoms with Gasteiger partial charge < -0.3 is 10.2 Å². The van der Waals surface area contributed by atoms with Gasteiger partial charge in [0.05, 0.1) is 5.25 Å². The van der Waals surface area contributed by atoms with Crippen molar-refractivity contribution in [2.75, 3.05) is 13.6 Å². The van der Waals surface area contributed by atoms with Crippen molar-refractivity contribution >= 4 is 15.7 Å². The minimum Gasteiger partial charge on any atom is -0.351 e. The third-order valence-corrected chi connectivity index (χ3v) is 6.48. The Hall–Kier alpha value is -1.40. The Bertz CT molecular complexity index is 626. The SMILES string of the molecule is CCN(C)Cc1cccc(CNC(=O)C(C)S(=O)(=O)C(C)C)c1. The van der Waals surface area contributed by atoms with Crippen LogP contribution in [0.2, 0.25) is 0 Å². The van der Waals surface area contributed by atoms with E-state index < -0.39 is 26.2 Å². The van der Waals surface area contributed by atoms with E-state index in [2.05, 4.69) is 17.1 Å². The second-order valence-corrected chi connectivity index (χ2v) is 8.98. The van der Waals surface area contributed by atoms with E-state index in [9.17, 15) is 13.2 Å². The van der Waals surface area contributed by atoms with E-state index >= 15 is 0 Å². The van der Waals surface area contributed by atoms with Gasteiger partial charge in [0.2, 0.25) is 5.91 Å². The van der Waals surface area contributed by atoms with E-state index in [0.717, 1.165) is 18.7 Å². The van der Waals surface area contributed by atoms with Crippen LogP contribution in [-0.4, -0.2) is 43.3 Å². The van der Waals surface area contributed by atoms with Crippen LogP contribution in [0.1, 0.15) is 38.8 Å². The molecule has 5 nitrogen and oxygen atoms in total. The number of carbonyl (C=O) groups is 1. The van der Waals surface area contributed by atoms with Crippen molar-refractivity contribution in [2.24, 2.45) is 0 Å². The molecule has 1 aromatic carbocycles. The van der Waals surface area contributed by atoms with Gasteiger partial charge in [-0.15, -0.1) is 0 Å². The summed E-state index contributed by atoms with van der Waals surface area (Å²) in [5, 5.41) is 1.13. The van der Waals surface area contributed by atoms with Crippen molar-refractivity contribution in [3.05, 3.63) is 35.4 Å². The van der Waals surface area contributed by atoms with E-state index in [0.29, 0.717) is 6.54 Å². The maximum Gasteiger partial charge on any atom is 0.238 e. The number of rotatable bonds is 8. The summed E-state index contributed by atoms with van der Waals surface area (Å²) in [6, 6.07) is 7.96. The van der Waals surface area contributed by atoms with Gasteiger partial charge >= 0.3 is 0 Å². The molecule has 0 heterocycles. The summed E-state index contributed by atoms with van der Waals surface area (Å²) < 4.78 is 24.1. The minimum absolute atomic E-state index is 0.334. The molecule has 23 heavy (non-hydrogen) atoms. The van der Waals surface area contributed by atoms with Crippen LogP contribution in [0.5, 0.6) is 0 Å². The summed E-state index contributed by atoms with van der Waals surface area (Å²) in [7, 11) is -1.38. The standard InChI is InChI=1S/C17H28N2O3S/c1-6-19(5)12-16-9-7-8-15(10-16)11-18-17(20)14(4)23(21,22)13(2)3/h7-10,13-14H,6,11-12H2,1-5H3,(H,18,20). The number of hydrogen-bond donors (Lipinski definition) is 1. The first-order valence-corrected chi connectivity index (χ1v) is 9.56. The molecule has 0 spiro atoms. The Morgan fingerprint density at radius 3 is 2.39 bits per heavy atom. The number of benzene rings is 1. The van der Waals surface area contributed by atoms with Crippen LogP contribution < -0.4 is 5.32 Å². The molecular formula is C17H28N2O3S. The molecule has 1 N–H and O–H groups in total. The van der Waals surface area contributed by atoms with E-state index in [4.69, 9.17) is 0 Å². The first kappa shape index (κ1) is 19.6. The number of hydrogen-bond acceptors (Lipinski definition) is 4. The molecule has 130 valence electrons. The van der Waals surface area contributed by atoms with E-state index in [1.807, 2.05) is 31.3 Å². The molecule has 1 rings (SSSR count). The predicted molar refractivity (Wildman–Crippen MR) is 93.8 cm³/mol. The first-order chi connectivity index (χ1) is 10.7. The second kappa shape index (κ2) is 8.45. The summed E-state index contributed by atoms with van der Waals surface area (Å²) in [4.78, 5) is 14.3. The fourth-order valence-electron chi connectivity index (χ4n) is 2.15. The number of sulfone groups is 1. The average Bonchev–Trinajstić information content (AvgIpc) is 2.51. The molecule has 0 aliphatic carbocycles. The Balaban J connectivity index is 2.68. The van der Waals surface area contributed by atoms with Crippen molar-refractivity contribution in [3.8, 4) is 0 Å². The highest BCUT2D eigenvalue weighted by molar-refractivity contribution is 7.93. The molecule has 0 aliphatic heterocycles. The number of nitrogens with zero attached hydrogens (tertiary/aromatic N) is 1. The highest BCUT2D eigenvalue weighted by atomic mass is 32.2. The van der Waals surface area contributed by atoms with Crippen molar-refractivity contribution in [1.29, 1.82) is 0 Å². The van der Waals surface area contributed by atoms with Gasteiger partial charge in [0.1, 0.15) is 5.25 Å². The van der Waals surface area contributed by atoms with Gasteiger partial charge in [0, 0.05) is 13.1 Å². The van der Waals surface area contributed by atoms with Crippen LogP contribution in [0.25, 0.3) is 0 Å². The lowest BCUT2D eigenvalue weighted by Crippen LogP contribution is -2.40. The number of nitrogens with one attached hydrogen (secondary N) is 1. The molecule has 1 atom stereocenters. The molecule has 0 aromatic heterocycles. The summed E-state index contributed by atoms with van der Waals surface area (Å²) >= 11 is 0. The molecule has 1 aromatic rings. The van der Waals surface area contributed by atoms with E-state index in [-0.39, 0.29) is 0 Å². The van der Waals surface area contributed by atoms with Gasteiger partial charge in [-0.2, -0.15) is 0 Å². The summed E-state index contributed by atoms with van der Waals surface area (Å²) in [6.45, 7) is 8.86. The highest BCUT2D eigenvalue weighted by Crippen LogP contribution is 2.11. The molecule has 1 unspecified atom stereocenters. The zero-order chi connectivity index (χ0) is 17.6. The lowest BCUT2D eigenvalue weighted by molar-refractivity contribution is -0.120. The van der Waals surface area contributed by atoms with Gasteiger partial charge in [-0.25, -0.2) is 8.42 Å². The number of carbonyl (C=O) groups excluding carboxylic acids is 1. The molecular weight excluding hydrogens is 312 g/mol. The molecule has 0 saturated carbocycles. The molecule has 6 heteroatoms. The second-order valence-electron chi connectivity index (χ2n) is 6.15. The van der Waals surface area contributed by atoms with Gasteiger partial charge in [-0.1, -0.05) is 31.2 Å². The summed E-state index contributed by atoms with van der Waals surface area (Å²) in [5.41, 5.74) is 2.14. The zero-order valence-corrected chi connectivity index (χ0v) is 15.5. The van der Waals surface area contributed by atoms with Crippen LogP contribution in [-0.2, 0) is 27.7 Å². The molecule has 0 aliphatic rings. The Morgan fingerprint density at radius 2 is 1.83 bits per heavy atom. The van der Waals surface area contributed by atoms with Crippen LogP contribution in [0.4, 0.5) is 0 Å². The lowest BCUT2D eigenvalue weighted by Gasteiger charge is -2.16. The quantitative estimate of drug-likeness (QED) is 0.786.